The first-order valence-corrected chi connectivity index (χ1v) is 11.7. The molecule has 152 valence electrons. The van der Waals surface area contributed by atoms with Crippen molar-refractivity contribution in [1.82, 2.24) is 19.5 Å². The molecule has 0 amide bonds. The van der Waals surface area contributed by atoms with E-state index in [0.717, 1.165) is 32.4 Å². The maximum Gasteiger partial charge on any atom is 1.00 e. The Labute approximate surface area is 194 Å². The number of anilines is 2. The molecule has 3 N–H and O–H groups in total. The van der Waals surface area contributed by atoms with Gasteiger partial charge in [0.15, 0.2) is 23.2 Å². The van der Waals surface area contributed by atoms with Crippen LogP contribution in [-0.4, -0.2) is 62.6 Å². The molecule has 0 aromatic carbocycles. The van der Waals surface area contributed by atoms with Crippen molar-refractivity contribution in [2.75, 3.05) is 30.3 Å². The summed E-state index contributed by atoms with van der Waals surface area (Å²) in [4.78, 5) is 27.2. The summed E-state index contributed by atoms with van der Waals surface area (Å²) in [5.41, 5.74) is 6.91. The van der Waals surface area contributed by atoms with Gasteiger partial charge in [0.1, 0.15) is 31.4 Å². The maximum atomic E-state index is 12.0. The quantitative estimate of drug-likeness (QED) is 0.350. The fourth-order valence-corrected chi connectivity index (χ4v) is 5.44. The Kier molecular flexibility index (Phi) is 6.22. The summed E-state index contributed by atoms with van der Waals surface area (Å²) >= 11 is 4.81. The molecule has 5 rings (SSSR count). The number of rotatable bonds is 2. The van der Waals surface area contributed by atoms with Gasteiger partial charge < -0.3 is 34.4 Å². The molecule has 3 aliphatic heterocycles. The zero-order chi connectivity index (χ0) is 19.5. The van der Waals surface area contributed by atoms with Gasteiger partial charge in [-0.05, 0) is 19.3 Å². The molecule has 29 heavy (non-hydrogen) atoms. The molecule has 0 bridgehead atoms. The van der Waals surface area contributed by atoms with Crippen molar-refractivity contribution in [3.05, 3.63) is 6.33 Å². The van der Waals surface area contributed by atoms with Crippen LogP contribution in [0.3, 0.4) is 0 Å². The number of ether oxygens (including phenoxy) is 1. The summed E-state index contributed by atoms with van der Waals surface area (Å²) in [7, 11) is 0. The number of piperidine rings is 1. The van der Waals surface area contributed by atoms with Gasteiger partial charge in [-0.1, -0.05) is 11.8 Å². The van der Waals surface area contributed by atoms with Gasteiger partial charge >= 0.3 is 29.6 Å². The molecular weight excluding hydrogens is 430 g/mol. The summed E-state index contributed by atoms with van der Waals surface area (Å²) in [6.45, 7) is -1.99. The number of aromatic nitrogens is 4. The Morgan fingerprint density at radius 3 is 2.79 bits per heavy atom. The standard InChI is InChI=1S/C15H21N6O5PS.Na/c16-12-9-13(18-7-17-12)21(15(19-9)20-4-2-1-3-5-20)14-10(22)11-8(25-14)6-24-27(23,28)26-11;/h7-8,10-11,14,22H,1-6H2,(H,23,28)(H2,16,17,18);/q;+1/p-1. The van der Waals surface area contributed by atoms with E-state index in [4.69, 9.17) is 31.3 Å². The van der Waals surface area contributed by atoms with Crippen molar-refractivity contribution in [2.24, 2.45) is 0 Å². The predicted octanol–water partition coefficient (Wildman–Crippen LogP) is -3.34. The summed E-state index contributed by atoms with van der Waals surface area (Å²) in [6.07, 6.45) is 1.15. The molecule has 0 aliphatic carbocycles. The summed E-state index contributed by atoms with van der Waals surface area (Å²) in [5.74, 6) is 0.855. The largest absolute Gasteiger partial charge is 1.00 e. The number of hydrogen-bond donors (Lipinski definition) is 2. The maximum absolute atomic E-state index is 12.0. The minimum atomic E-state index is -3.63. The van der Waals surface area contributed by atoms with Crippen molar-refractivity contribution < 1.29 is 53.3 Å². The molecule has 11 nitrogen and oxygen atoms in total. The van der Waals surface area contributed by atoms with Gasteiger partial charge in [-0.3, -0.25) is 4.57 Å². The van der Waals surface area contributed by atoms with Crippen LogP contribution in [0.4, 0.5) is 11.8 Å². The van der Waals surface area contributed by atoms with Crippen LogP contribution < -0.4 is 45.1 Å². The second-order valence-electron chi connectivity index (χ2n) is 7.13. The van der Waals surface area contributed by atoms with Crippen LogP contribution in [0.2, 0.25) is 0 Å². The molecule has 14 heteroatoms. The Hall–Kier alpha value is -0.400. The van der Waals surface area contributed by atoms with Crippen LogP contribution in [0.1, 0.15) is 25.5 Å². The van der Waals surface area contributed by atoms with Gasteiger partial charge in [0, 0.05) is 13.1 Å². The Bertz CT molecular complexity index is 959. The van der Waals surface area contributed by atoms with Gasteiger partial charge in [-0.25, -0.2) is 15.0 Å². The number of aliphatic hydroxyl groups is 1. The average Bonchev–Trinajstić information content (AvgIpc) is 3.21. The van der Waals surface area contributed by atoms with Crippen molar-refractivity contribution in [3.63, 3.8) is 0 Å². The van der Waals surface area contributed by atoms with E-state index >= 15 is 0 Å². The SMILES string of the molecule is Nc1ncnc2c1nc(N1CCCCC1)n2C1OC2COP([O-])(=S)OC2C1O.[Na+]. The van der Waals surface area contributed by atoms with E-state index in [2.05, 4.69) is 19.9 Å². The molecule has 0 radical (unpaired) electrons. The molecule has 3 fully saturated rings. The number of nitrogen functional groups attached to an aromatic ring is 1. The molecule has 0 saturated carbocycles. The van der Waals surface area contributed by atoms with Gasteiger partial charge in [0.2, 0.25) is 5.95 Å². The number of nitrogens with two attached hydrogens (primary N) is 1. The van der Waals surface area contributed by atoms with Gasteiger partial charge in [0.25, 0.3) is 0 Å². The van der Waals surface area contributed by atoms with Gasteiger partial charge in [0.05, 0.1) is 6.61 Å². The van der Waals surface area contributed by atoms with E-state index in [1.807, 2.05) is 0 Å². The molecule has 5 heterocycles. The second kappa shape index (κ2) is 8.27. The van der Waals surface area contributed by atoms with Crippen LogP contribution in [0, 0.1) is 0 Å². The molecule has 5 unspecified atom stereocenters. The Morgan fingerprint density at radius 2 is 2.03 bits per heavy atom. The molecule has 2 aromatic rings. The van der Waals surface area contributed by atoms with Crippen molar-refractivity contribution in [3.8, 4) is 0 Å². The van der Waals surface area contributed by atoms with Crippen LogP contribution in [0.5, 0.6) is 0 Å². The topological polar surface area (TPSA) is 144 Å². The van der Waals surface area contributed by atoms with E-state index in [-0.39, 0.29) is 42.0 Å². The minimum Gasteiger partial charge on any atom is -0.780 e. The van der Waals surface area contributed by atoms with Crippen LogP contribution >= 0.6 is 6.72 Å². The monoisotopic (exact) mass is 450 g/mol. The normalized spacial score (nSPS) is 34.8. The van der Waals surface area contributed by atoms with Crippen LogP contribution in [0.15, 0.2) is 6.33 Å². The number of nitrogens with zero attached hydrogens (tertiary/aromatic N) is 5. The number of fused-ring (bicyclic) bond motifs is 2. The smallest absolute Gasteiger partial charge is 0.780 e. The van der Waals surface area contributed by atoms with Crippen LogP contribution in [-0.2, 0) is 25.6 Å². The van der Waals surface area contributed by atoms with Crippen LogP contribution in [0.25, 0.3) is 11.2 Å². The van der Waals surface area contributed by atoms with Crippen molar-refractivity contribution in [2.45, 2.75) is 43.8 Å². The zero-order valence-electron chi connectivity index (χ0n) is 15.9. The van der Waals surface area contributed by atoms with E-state index in [9.17, 15) is 10.00 Å². The fourth-order valence-electron chi connectivity index (χ4n) is 4.01. The molecule has 0 spiro atoms. The molecule has 3 saturated heterocycles. The fraction of sp³-hybridized carbons (Fsp3) is 0.667. The predicted molar refractivity (Wildman–Crippen MR) is 101 cm³/mol. The van der Waals surface area contributed by atoms with E-state index in [1.165, 1.54) is 6.33 Å². The van der Waals surface area contributed by atoms with Gasteiger partial charge in [-0.15, -0.1) is 0 Å². The summed E-state index contributed by atoms with van der Waals surface area (Å²) < 4.78 is 18.1. The summed E-state index contributed by atoms with van der Waals surface area (Å²) in [5, 5.41) is 10.9. The van der Waals surface area contributed by atoms with E-state index in [1.54, 1.807) is 4.57 Å². The third kappa shape index (κ3) is 3.84. The van der Waals surface area contributed by atoms with E-state index < -0.39 is 31.3 Å². The Balaban J connectivity index is 0.00000205. The third-order valence-electron chi connectivity index (χ3n) is 5.34. The van der Waals surface area contributed by atoms with Gasteiger partial charge in [-0.2, -0.15) is 0 Å². The zero-order valence-corrected chi connectivity index (χ0v) is 19.6. The first-order valence-electron chi connectivity index (χ1n) is 9.15. The molecule has 2 aromatic heterocycles. The van der Waals surface area contributed by atoms with Crippen molar-refractivity contribution >= 4 is 41.5 Å². The molecular formula is C15H20N6NaO5PS. The first-order chi connectivity index (χ1) is 13.4. The average molecular weight is 450 g/mol. The summed E-state index contributed by atoms with van der Waals surface area (Å²) in [6, 6.07) is 0. The minimum absolute atomic E-state index is 0. The third-order valence-corrected chi connectivity index (χ3v) is 6.88. The van der Waals surface area contributed by atoms with Crippen molar-refractivity contribution in [1.29, 1.82) is 0 Å². The van der Waals surface area contributed by atoms with E-state index in [0.29, 0.717) is 17.1 Å². The number of imidazole rings is 1. The Morgan fingerprint density at radius 1 is 1.28 bits per heavy atom. The molecule has 5 atom stereocenters. The first kappa shape index (κ1) is 21.8. The second-order valence-corrected chi connectivity index (χ2v) is 9.83. The number of hydrogen-bond acceptors (Lipinski definition) is 11. The number of aliphatic hydroxyl groups excluding tert-OH is 1. The molecule has 3 aliphatic rings.